The van der Waals surface area contributed by atoms with Crippen LogP contribution in [-0.2, 0) is 9.53 Å². The third-order valence-corrected chi connectivity index (χ3v) is 3.69. The monoisotopic (exact) mass is 257 g/mol. The Hall–Kier alpha value is -0.650. The summed E-state index contributed by atoms with van der Waals surface area (Å²) in [5.41, 5.74) is -0.791. The third-order valence-electron chi connectivity index (χ3n) is 3.69. The van der Waals surface area contributed by atoms with Crippen LogP contribution in [0.4, 0.5) is 0 Å². The van der Waals surface area contributed by atoms with Crippen molar-refractivity contribution in [2.75, 3.05) is 39.8 Å². The zero-order chi connectivity index (χ0) is 13.8. The van der Waals surface area contributed by atoms with E-state index in [0.717, 1.165) is 26.2 Å². The van der Waals surface area contributed by atoms with Crippen molar-refractivity contribution in [1.29, 1.82) is 0 Å². The molecule has 18 heavy (non-hydrogen) atoms. The Morgan fingerprint density at radius 2 is 1.83 bits per heavy atom. The van der Waals surface area contributed by atoms with Crippen molar-refractivity contribution < 1.29 is 9.53 Å². The van der Waals surface area contributed by atoms with E-state index in [1.807, 2.05) is 27.7 Å². The molecular formula is C13H27N3O2. The van der Waals surface area contributed by atoms with E-state index >= 15 is 0 Å². The number of carbonyl (C=O) groups is 1. The molecule has 0 radical (unpaired) electrons. The lowest BCUT2D eigenvalue weighted by atomic mass is 9.99. The van der Waals surface area contributed by atoms with E-state index in [0.29, 0.717) is 6.54 Å². The van der Waals surface area contributed by atoms with E-state index in [2.05, 4.69) is 15.5 Å². The first-order chi connectivity index (χ1) is 8.29. The molecule has 2 N–H and O–H groups in total. The molecule has 0 aromatic rings. The maximum absolute atomic E-state index is 12.3. The zero-order valence-electron chi connectivity index (χ0n) is 12.3. The average molecular weight is 257 g/mol. The van der Waals surface area contributed by atoms with Crippen molar-refractivity contribution in [3.63, 3.8) is 0 Å². The van der Waals surface area contributed by atoms with Crippen LogP contribution >= 0.6 is 0 Å². The Morgan fingerprint density at radius 3 is 2.33 bits per heavy atom. The lowest BCUT2D eigenvalue weighted by Gasteiger charge is -2.40. The summed E-state index contributed by atoms with van der Waals surface area (Å²) in [5, 5.41) is 6.28. The molecule has 0 aliphatic carbocycles. The molecule has 1 amide bonds. The first-order valence-corrected chi connectivity index (χ1v) is 6.59. The molecule has 1 fully saturated rings. The second-order valence-corrected chi connectivity index (χ2v) is 5.94. The normalized spacial score (nSPS) is 18.7. The van der Waals surface area contributed by atoms with Crippen molar-refractivity contribution >= 4 is 5.91 Å². The highest BCUT2D eigenvalue weighted by atomic mass is 16.5. The molecule has 1 saturated heterocycles. The summed E-state index contributed by atoms with van der Waals surface area (Å²) < 4.78 is 5.31. The van der Waals surface area contributed by atoms with E-state index in [-0.39, 0.29) is 11.5 Å². The average Bonchev–Trinajstić information content (AvgIpc) is 2.37. The van der Waals surface area contributed by atoms with Crippen LogP contribution in [0.3, 0.4) is 0 Å². The quantitative estimate of drug-likeness (QED) is 0.739. The number of methoxy groups -OCH3 is 1. The number of carbonyl (C=O) groups excluding carboxylic acids is 1. The summed E-state index contributed by atoms with van der Waals surface area (Å²) in [6.07, 6.45) is 0. The predicted molar refractivity (Wildman–Crippen MR) is 72.6 cm³/mol. The maximum atomic E-state index is 12.3. The number of amides is 1. The Balaban J connectivity index is 2.53. The van der Waals surface area contributed by atoms with Crippen molar-refractivity contribution in [3.05, 3.63) is 0 Å². The van der Waals surface area contributed by atoms with Gasteiger partial charge in [0.15, 0.2) is 0 Å². The fourth-order valence-corrected chi connectivity index (χ4v) is 1.95. The van der Waals surface area contributed by atoms with Crippen LogP contribution in [0.15, 0.2) is 0 Å². The minimum atomic E-state index is -0.466. The van der Waals surface area contributed by atoms with Crippen molar-refractivity contribution in [1.82, 2.24) is 15.5 Å². The highest BCUT2D eigenvalue weighted by Gasteiger charge is 2.35. The number of piperazine rings is 1. The number of nitrogens with zero attached hydrogens (tertiary/aromatic N) is 1. The molecule has 5 heteroatoms. The van der Waals surface area contributed by atoms with Gasteiger partial charge < -0.3 is 15.4 Å². The fourth-order valence-electron chi connectivity index (χ4n) is 1.95. The van der Waals surface area contributed by atoms with Crippen LogP contribution in [0.1, 0.15) is 27.7 Å². The van der Waals surface area contributed by atoms with Crippen molar-refractivity contribution in [2.45, 2.75) is 38.8 Å². The summed E-state index contributed by atoms with van der Waals surface area (Å²) in [6.45, 7) is 12.1. The minimum Gasteiger partial charge on any atom is -0.377 e. The van der Waals surface area contributed by atoms with Crippen LogP contribution in [0.5, 0.6) is 0 Å². The molecule has 0 unspecified atom stereocenters. The molecule has 0 aromatic heterocycles. The van der Waals surface area contributed by atoms with Crippen LogP contribution in [-0.4, -0.2) is 61.8 Å². The van der Waals surface area contributed by atoms with Gasteiger partial charge in [-0.25, -0.2) is 0 Å². The summed E-state index contributed by atoms with van der Waals surface area (Å²) >= 11 is 0. The van der Waals surface area contributed by atoms with Gasteiger partial charge in [-0.1, -0.05) is 0 Å². The Bertz CT molecular complexity index is 284. The van der Waals surface area contributed by atoms with E-state index in [4.69, 9.17) is 4.74 Å². The lowest BCUT2D eigenvalue weighted by molar-refractivity contribution is -0.133. The van der Waals surface area contributed by atoms with Crippen LogP contribution in [0, 0.1) is 0 Å². The number of rotatable bonds is 5. The molecule has 5 nitrogen and oxygen atoms in total. The van der Waals surface area contributed by atoms with Gasteiger partial charge in [0, 0.05) is 39.8 Å². The third kappa shape index (κ3) is 3.93. The molecule has 0 spiro atoms. The van der Waals surface area contributed by atoms with Gasteiger partial charge in [0.2, 0.25) is 5.91 Å². The summed E-state index contributed by atoms with van der Waals surface area (Å²) in [5.74, 6) is 0.0644. The van der Waals surface area contributed by atoms with Crippen LogP contribution < -0.4 is 10.6 Å². The number of ether oxygens (including phenoxy) is 1. The second-order valence-electron chi connectivity index (χ2n) is 5.94. The van der Waals surface area contributed by atoms with Crippen LogP contribution in [0.25, 0.3) is 0 Å². The molecule has 1 aliphatic rings. The topological polar surface area (TPSA) is 53.6 Å². The van der Waals surface area contributed by atoms with Crippen LogP contribution in [0.2, 0.25) is 0 Å². The fraction of sp³-hybridized carbons (Fsp3) is 0.923. The molecule has 0 atom stereocenters. The Labute approximate surface area is 110 Å². The Morgan fingerprint density at radius 1 is 1.28 bits per heavy atom. The number of hydrogen-bond donors (Lipinski definition) is 2. The van der Waals surface area contributed by atoms with Gasteiger partial charge in [0.25, 0.3) is 0 Å². The van der Waals surface area contributed by atoms with Gasteiger partial charge in [0.05, 0.1) is 11.1 Å². The van der Waals surface area contributed by atoms with Gasteiger partial charge in [0.1, 0.15) is 0 Å². The summed E-state index contributed by atoms with van der Waals surface area (Å²) in [6, 6.07) is 0. The zero-order valence-corrected chi connectivity index (χ0v) is 12.3. The highest BCUT2D eigenvalue weighted by molar-refractivity contribution is 5.85. The first-order valence-electron chi connectivity index (χ1n) is 6.59. The van der Waals surface area contributed by atoms with E-state index in [1.54, 1.807) is 7.11 Å². The molecule has 1 aliphatic heterocycles. The van der Waals surface area contributed by atoms with E-state index < -0.39 is 5.54 Å². The summed E-state index contributed by atoms with van der Waals surface area (Å²) in [4.78, 5) is 14.5. The van der Waals surface area contributed by atoms with Gasteiger partial charge in [-0.05, 0) is 27.7 Å². The second kappa shape index (κ2) is 5.99. The highest BCUT2D eigenvalue weighted by Crippen LogP contribution is 2.16. The first kappa shape index (κ1) is 15.4. The van der Waals surface area contributed by atoms with E-state index in [9.17, 15) is 4.79 Å². The molecule has 1 heterocycles. The molecule has 0 aromatic carbocycles. The predicted octanol–water partition coefficient (Wildman–Crippen LogP) is 0.211. The number of hydrogen-bond acceptors (Lipinski definition) is 4. The maximum Gasteiger partial charge on any atom is 0.240 e. The van der Waals surface area contributed by atoms with Gasteiger partial charge in [-0.15, -0.1) is 0 Å². The Kier molecular flexibility index (Phi) is 5.13. The smallest absolute Gasteiger partial charge is 0.240 e. The molecule has 0 bridgehead atoms. The van der Waals surface area contributed by atoms with Gasteiger partial charge in [-0.3, -0.25) is 9.69 Å². The lowest BCUT2D eigenvalue weighted by Crippen LogP contribution is -2.60. The van der Waals surface area contributed by atoms with Crippen molar-refractivity contribution in [2.24, 2.45) is 0 Å². The molecule has 106 valence electrons. The minimum absolute atomic E-state index is 0.0644. The van der Waals surface area contributed by atoms with E-state index in [1.165, 1.54) is 0 Å². The molecule has 0 saturated carbocycles. The van der Waals surface area contributed by atoms with Crippen molar-refractivity contribution in [3.8, 4) is 0 Å². The SMILES string of the molecule is COC(C)(C)CNC(=O)C(C)(C)N1CCNCC1. The largest absolute Gasteiger partial charge is 0.377 e. The number of nitrogens with one attached hydrogen (secondary N) is 2. The van der Waals surface area contributed by atoms with Gasteiger partial charge >= 0.3 is 0 Å². The summed E-state index contributed by atoms with van der Waals surface area (Å²) in [7, 11) is 1.66. The van der Waals surface area contributed by atoms with Gasteiger partial charge in [-0.2, -0.15) is 0 Å². The standard InChI is InChI=1S/C13H27N3O2/c1-12(2,18-5)10-15-11(17)13(3,4)16-8-6-14-7-9-16/h14H,6-10H2,1-5H3,(H,15,17). The molecular weight excluding hydrogens is 230 g/mol. The molecule has 1 rings (SSSR count).